The number of benzene rings is 1. The lowest BCUT2D eigenvalue weighted by Gasteiger charge is -2.10. The predicted octanol–water partition coefficient (Wildman–Crippen LogP) is 2.01. The lowest BCUT2D eigenvalue weighted by atomic mass is 10.0. The fourth-order valence-corrected chi connectivity index (χ4v) is 1.55. The summed E-state index contributed by atoms with van der Waals surface area (Å²) in [6.45, 7) is 1.60. The summed E-state index contributed by atoms with van der Waals surface area (Å²) in [5.74, 6) is -1.99. The summed E-state index contributed by atoms with van der Waals surface area (Å²) in [4.78, 5) is 10.5. The summed E-state index contributed by atoms with van der Waals surface area (Å²) in [5.41, 5.74) is 0.589. The molecule has 0 heterocycles. The molecule has 0 saturated heterocycles. The van der Waals surface area contributed by atoms with Crippen molar-refractivity contribution in [2.75, 3.05) is 0 Å². The Morgan fingerprint density at radius 3 is 2.64 bits per heavy atom. The first-order valence-electron chi connectivity index (χ1n) is 3.80. The van der Waals surface area contributed by atoms with Crippen LogP contribution in [-0.2, 0) is 4.79 Å². The Balaban J connectivity index is 3.22. The summed E-state index contributed by atoms with van der Waals surface area (Å²) in [6, 6.07) is 2.44. The predicted molar refractivity (Wildman–Crippen MR) is 51.4 cm³/mol. The van der Waals surface area contributed by atoms with Crippen molar-refractivity contribution in [3.63, 3.8) is 0 Å². The first kappa shape index (κ1) is 11.1. The zero-order valence-electron chi connectivity index (χ0n) is 7.29. The van der Waals surface area contributed by atoms with Crippen molar-refractivity contribution in [2.45, 2.75) is 13.0 Å². The van der Waals surface area contributed by atoms with E-state index in [1.807, 2.05) is 0 Å². The standard InChI is InChI=1S/C9H8BrFO3/c1-4-2-6(10)7(11)3-5(4)8(12)9(13)14/h2-3,8,12H,1H3,(H,13,14). The number of carboxylic acids is 1. The van der Waals surface area contributed by atoms with Crippen LogP contribution >= 0.6 is 15.9 Å². The van der Waals surface area contributed by atoms with Crippen LogP contribution in [0.3, 0.4) is 0 Å². The van der Waals surface area contributed by atoms with Gasteiger partial charge in [-0.2, -0.15) is 0 Å². The van der Waals surface area contributed by atoms with Crippen LogP contribution in [0.4, 0.5) is 4.39 Å². The Morgan fingerprint density at radius 1 is 1.57 bits per heavy atom. The summed E-state index contributed by atoms with van der Waals surface area (Å²) in [7, 11) is 0. The fourth-order valence-electron chi connectivity index (χ4n) is 1.09. The highest BCUT2D eigenvalue weighted by molar-refractivity contribution is 9.10. The van der Waals surface area contributed by atoms with E-state index >= 15 is 0 Å². The molecule has 0 amide bonds. The molecule has 0 aliphatic heterocycles. The van der Waals surface area contributed by atoms with E-state index in [4.69, 9.17) is 5.11 Å². The third-order valence-electron chi connectivity index (χ3n) is 1.84. The van der Waals surface area contributed by atoms with Crippen LogP contribution in [-0.4, -0.2) is 16.2 Å². The summed E-state index contributed by atoms with van der Waals surface area (Å²) < 4.78 is 13.3. The van der Waals surface area contributed by atoms with E-state index in [1.165, 1.54) is 6.07 Å². The molecule has 0 fully saturated rings. The molecule has 1 rings (SSSR count). The minimum absolute atomic E-state index is 0.0678. The van der Waals surface area contributed by atoms with Crippen LogP contribution in [0.15, 0.2) is 16.6 Å². The molecule has 2 N–H and O–H groups in total. The van der Waals surface area contributed by atoms with Crippen molar-refractivity contribution in [3.05, 3.63) is 33.5 Å². The van der Waals surface area contributed by atoms with Gasteiger partial charge in [0.15, 0.2) is 6.10 Å². The zero-order valence-corrected chi connectivity index (χ0v) is 8.88. The van der Waals surface area contributed by atoms with E-state index in [0.717, 1.165) is 6.07 Å². The van der Waals surface area contributed by atoms with Crippen molar-refractivity contribution < 1.29 is 19.4 Å². The number of aliphatic hydroxyl groups is 1. The van der Waals surface area contributed by atoms with Crippen LogP contribution in [0, 0.1) is 12.7 Å². The summed E-state index contributed by atoms with van der Waals surface area (Å²) in [5, 5.41) is 17.7. The highest BCUT2D eigenvalue weighted by Gasteiger charge is 2.19. The maximum absolute atomic E-state index is 13.0. The Bertz CT molecular complexity index is 379. The van der Waals surface area contributed by atoms with Gasteiger partial charge in [0.05, 0.1) is 4.47 Å². The first-order valence-corrected chi connectivity index (χ1v) is 4.59. The molecule has 0 aromatic heterocycles. The lowest BCUT2D eigenvalue weighted by molar-refractivity contribution is -0.147. The fraction of sp³-hybridized carbons (Fsp3) is 0.222. The zero-order chi connectivity index (χ0) is 10.9. The monoisotopic (exact) mass is 262 g/mol. The molecule has 1 atom stereocenters. The van der Waals surface area contributed by atoms with Crippen molar-refractivity contribution >= 4 is 21.9 Å². The SMILES string of the molecule is Cc1cc(Br)c(F)cc1C(O)C(=O)O. The van der Waals surface area contributed by atoms with Gasteiger partial charge in [-0.05, 0) is 46.1 Å². The number of carbonyl (C=O) groups is 1. The molecule has 0 bridgehead atoms. The average Bonchev–Trinajstić information content (AvgIpc) is 2.10. The van der Waals surface area contributed by atoms with E-state index in [2.05, 4.69) is 15.9 Å². The molecule has 0 radical (unpaired) electrons. The molecule has 0 aliphatic rings. The van der Waals surface area contributed by atoms with Gasteiger partial charge in [-0.15, -0.1) is 0 Å². The minimum atomic E-state index is -1.68. The molecule has 0 saturated carbocycles. The van der Waals surface area contributed by atoms with Gasteiger partial charge in [-0.1, -0.05) is 0 Å². The molecule has 76 valence electrons. The second-order valence-corrected chi connectivity index (χ2v) is 3.72. The van der Waals surface area contributed by atoms with E-state index in [9.17, 15) is 14.3 Å². The Kier molecular flexibility index (Phi) is 3.23. The molecule has 5 heteroatoms. The van der Waals surface area contributed by atoms with E-state index in [0.29, 0.717) is 5.56 Å². The van der Waals surface area contributed by atoms with Gasteiger partial charge in [0, 0.05) is 0 Å². The molecule has 0 spiro atoms. The maximum atomic E-state index is 13.0. The number of carboxylic acid groups (broad SMARTS) is 1. The smallest absolute Gasteiger partial charge is 0.337 e. The van der Waals surface area contributed by atoms with E-state index in [-0.39, 0.29) is 10.0 Å². The van der Waals surface area contributed by atoms with E-state index in [1.54, 1.807) is 6.92 Å². The summed E-state index contributed by atoms with van der Waals surface area (Å²) in [6.07, 6.45) is -1.68. The topological polar surface area (TPSA) is 57.5 Å². The second kappa shape index (κ2) is 4.06. The molecular formula is C9H8BrFO3. The molecule has 1 aromatic rings. The largest absolute Gasteiger partial charge is 0.479 e. The number of aliphatic carboxylic acids is 1. The van der Waals surface area contributed by atoms with Crippen molar-refractivity contribution in [2.24, 2.45) is 0 Å². The minimum Gasteiger partial charge on any atom is -0.479 e. The van der Waals surface area contributed by atoms with Gasteiger partial charge in [-0.25, -0.2) is 9.18 Å². The number of rotatable bonds is 2. The number of aryl methyl sites for hydroxylation is 1. The van der Waals surface area contributed by atoms with E-state index < -0.39 is 17.9 Å². The molecule has 1 aromatic carbocycles. The third kappa shape index (κ3) is 2.10. The number of hydrogen-bond donors (Lipinski definition) is 2. The van der Waals surface area contributed by atoms with Crippen molar-refractivity contribution in [3.8, 4) is 0 Å². The number of hydrogen-bond acceptors (Lipinski definition) is 2. The third-order valence-corrected chi connectivity index (χ3v) is 2.45. The van der Waals surface area contributed by atoms with Crippen LogP contribution in [0.25, 0.3) is 0 Å². The molecule has 14 heavy (non-hydrogen) atoms. The first-order chi connectivity index (χ1) is 6.43. The lowest BCUT2D eigenvalue weighted by Crippen LogP contribution is -2.12. The van der Waals surface area contributed by atoms with Crippen LogP contribution < -0.4 is 0 Å². The molecule has 3 nitrogen and oxygen atoms in total. The van der Waals surface area contributed by atoms with Gasteiger partial charge >= 0.3 is 5.97 Å². The van der Waals surface area contributed by atoms with Crippen molar-refractivity contribution in [1.29, 1.82) is 0 Å². The number of halogens is 2. The molecule has 1 unspecified atom stereocenters. The highest BCUT2D eigenvalue weighted by Crippen LogP contribution is 2.24. The van der Waals surface area contributed by atoms with Gasteiger partial charge in [0.1, 0.15) is 5.82 Å². The Labute approximate surface area is 88.3 Å². The molecule has 0 aliphatic carbocycles. The normalized spacial score (nSPS) is 12.6. The maximum Gasteiger partial charge on any atom is 0.337 e. The summed E-state index contributed by atoms with van der Waals surface area (Å²) >= 11 is 2.96. The van der Waals surface area contributed by atoms with Crippen molar-refractivity contribution in [1.82, 2.24) is 0 Å². The van der Waals surface area contributed by atoms with Gasteiger partial charge in [-0.3, -0.25) is 0 Å². The Hall–Kier alpha value is -0.940. The van der Waals surface area contributed by atoms with Gasteiger partial charge < -0.3 is 10.2 Å². The molecular weight excluding hydrogens is 255 g/mol. The quantitative estimate of drug-likeness (QED) is 0.858. The average molecular weight is 263 g/mol. The highest BCUT2D eigenvalue weighted by atomic mass is 79.9. The van der Waals surface area contributed by atoms with Crippen LogP contribution in [0.2, 0.25) is 0 Å². The number of aliphatic hydroxyl groups excluding tert-OH is 1. The van der Waals surface area contributed by atoms with Gasteiger partial charge in [0.2, 0.25) is 0 Å². The van der Waals surface area contributed by atoms with Gasteiger partial charge in [0.25, 0.3) is 0 Å². The Morgan fingerprint density at radius 2 is 2.14 bits per heavy atom. The van der Waals surface area contributed by atoms with Crippen LogP contribution in [0.1, 0.15) is 17.2 Å². The van der Waals surface area contributed by atoms with Crippen LogP contribution in [0.5, 0.6) is 0 Å². The second-order valence-electron chi connectivity index (χ2n) is 2.86.